The van der Waals surface area contributed by atoms with Crippen LogP contribution in [-0.2, 0) is 6.42 Å². The van der Waals surface area contributed by atoms with Crippen molar-refractivity contribution in [3.8, 4) is 0 Å². The second kappa shape index (κ2) is 3.73. The number of nitrogens with zero attached hydrogens (tertiary/aromatic N) is 2. The van der Waals surface area contributed by atoms with Crippen LogP contribution in [0.4, 0.5) is 10.2 Å². The lowest BCUT2D eigenvalue weighted by atomic mass is 10.2. The summed E-state index contributed by atoms with van der Waals surface area (Å²) in [5, 5.41) is 12.1. The zero-order valence-corrected chi connectivity index (χ0v) is 8.63. The minimum atomic E-state index is -0.403. The molecule has 0 aliphatic heterocycles. The van der Waals surface area contributed by atoms with Gasteiger partial charge >= 0.3 is 0 Å². The van der Waals surface area contributed by atoms with Gasteiger partial charge < -0.3 is 10.4 Å². The molecule has 0 amide bonds. The molecule has 0 radical (unpaired) electrons. The van der Waals surface area contributed by atoms with Gasteiger partial charge in [0.25, 0.3) is 0 Å². The van der Waals surface area contributed by atoms with Crippen LogP contribution in [0.3, 0.4) is 0 Å². The molecule has 1 aliphatic rings. The Hall–Kier alpha value is -1.23. The molecule has 15 heavy (non-hydrogen) atoms. The zero-order chi connectivity index (χ0) is 10.9. The van der Waals surface area contributed by atoms with Crippen LogP contribution >= 0.6 is 0 Å². The Morgan fingerprint density at radius 1 is 1.53 bits per heavy atom. The first kappa shape index (κ1) is 10.3. The highest BCUT2D eigenvalue weighted by Crippen LogP contribution is 2.38. The predicted octanol–water partition coefficient (Wildman–Crippen LogP) is 1.11. The van der Waals surface area contributed by atoms with Crippen LogP contribution in [0.2, 0.25) is 0 Å². The van der Waals surface area contributed by atoms with E-state index in [2.05, 4.69) is 15.3 Å². The lowest BCUT2D eigenvalue weighted by Crippen LogP contribution is -2.27. The van der Waals surface area contributed by atoms with Gasteiger partial charge in [0.1, 0.15) is 6.33 Å². The van der Waals surface area contributed by atoms with E-state index in [-0.39, 0.29) is 18.0 Å². The molecule has 1 heterocycles. The molecule has 0 atom stereocenters. The highest BCUT2D eigenvalue weighted by molar-refractivity contribution is 5.42. The summed E-state index contributed by atoms with van der Waals surface area (Å²) in [7, 11) is 0. The average molecular weight is 211 g/mol. The Labute approximate surface area is 87.6 Å². The minimum Gasteiger partial charge on any atom is -0.394 e. The maximum Gasteiger partial charge on any atom is 0.186 e. The average Bonchev–Trinajstić information content (AvgIpc) is 3.02. The number of rotatable bonds is 4. The van der Waals surface area contributed by atoms with Crippen LogP contribution in [0.1, 0.15) is 25.5 Å². The summed E-state index contributed by atoms with van der Waals surface area (Å²) in [5.41, 5.74) is 0.0569. The fraction of sp³-hybridized carbons (Fsp3) is 0.600. The quantitative estimate of drug-likeness (QED) is 0.783. The number of halogens is 1. The first-order valence-corrected chi connectivity index (χ1v) is 5.09. The molecule has 5 heteroatoms. The lowest BCUT2D eigenvalue weighted by Gasteiger charge is -2.15. The molecular weight excluding hydrogens is 197 g/mol. The molecule has 1 aromatic rings. The maximum atomic E-state index is 13.7. The largest absolute Gasteiger partial charge is 0.394 e. The fourth-order valence-corrected chi connectivity index (χ4v) is 1.46. The van der Waals surface area contributed by atoms with Gasteiger partial charge in [0.05, 0.1) is 17.8 Å². The van der Waals surface area contributed by atoms with Gasteiger partial charge in [-0.2, -0.15) is 0 Å². The number of aliphatic hydroxyl groups excluding tert-OH is 1. The van der Waals surface area contributed by atoms with Crippen molar-refractivity contribution in [3.05, 3.63) is 17.8 Å². The number of hydrogen-bond donors (Lipinski definition) is 2. The van der Waals surface area contributed by atoms with Gasteiger partial charge in [-0.15, -0.1) is 0 Å². The molecule has 0 saturated heterocycles. The molecule has 0 bridgehead atoms. The van der Waals surface area contributed by atoms with Crippen LogP contribution in [-0.4, -0.2) is 27.2 Å². The van der Waals surface area contributed by atoms with Gasteiger partial charge in [0.2, 0.25) is 0 Å². The van der Waals surface area contributed by atoms with E-state index >= 15 is 0 Å². The standard InChI is InChI=1S/C10H14FN3O/c1-2-7-8(11)9(13-6-12-7)14-10(5-15)3-4-10/h6,15H,2-5H2,1H3,(H,12,13,14). The molecule has 82 valence electrons. The Bertz CT molecular complexity index is 366. The molecule has 1 fully saturated rings. The first-order valence-electron chi connectivity index (χ1n) is 5.09. The summed E-state index contributed by atoms with van der Waals surface area (Å²) >= 11 is 0. The third-order valence-electron chi connectivity index (χ3n) is 2.74. The number of anilines is 1. The van der Waals surface area contributed by atoms with Crippen molar-refractivity contribution in [2.24, 2.45) is 0 Å². The molecule has 0 spiro atoms. The van der Waals surface area contributed by atoms with Gasteiger partial charge in [-0.05, 0) is 19.3 Å². The van der Waals surface area contributed by atoms with E-state index in [4.69, 9.17) is 5.11 Å². The highest BCUT2D eigenvalue weighted by atomic mass is 19.1. The van der Waals surface area contributed by atoms with Crippen molar-refractivity contribution in [3.63, 3.8) is 0 Å². The van der Waals surface area contributed by atoms with E-state index in [1.807, 2.05) is 6.92 Å². The summed E-state index contributed by atoms with van der Waals surface area (Å²) in [6.07, 6.45) is 3.59. The van der Waals surface area contributed by atoms with Crippen LogP contribution in [0, 0.1) is 5.82 Å². The van der Waals surface area contributed by atoms with Crippen LogP contribution < -0.4 is 5.32 Å². The van der Waals surface area contributed by atoms with Crippen LogP contribution in [0.15, 0.2) is 6.33 Å². The molecular formula is C10H14FN3O. The Morgan fingerprint density at radius 2 is 2.27 bits per heavy atom. The topological polar surface area (TPSA) is 58.0 Å². The number of aryl methyl sites for hydroxylation is 1. The van der Waals surface area contributed by atoms with Gasteiger partial charge in [-0.25, -0.2) is 14.4 Å². The van der Waals surface area contributed by atoms with Crippen molar-refractivity contribution in [2.75, 3.05) is 11.9 Å². The van der Waals surface area contributed by atoms with Crippen LogP contribution in [0.25, 0.3) is 0 Å². The molecule has 1 aliphatic carbocycles. The van der Waals surface area contributed by atoms with Gasteiger partial charge in [-0.1, -0.05) is 6.92 Å². The molecule has 1 aromatic heterocycles. The monoisotopic (exact) mass is 211 g/mol. The van der Waals surface area contributed by atoms with Gasteiger partial charge in [0.15, 0.2) is 11.6 Å². The van der Waals surface area contributed by atoms with Crippen LogP contribution in [0.5, 0.6) is 0 Å². The smallest absolute Gasteiger partial charge is 0.186 e. The summed E-state index contributed by atoms with van der Waals surface area (Å²) in [6, 6.07) is 0. The number of hydrogen-bond acceptors (Lipinski definition) is 4. The second-order valence-corrected chi connectivity index (χ2v) is 3.90. The van der Waals surface area contributed by atoms with E-state index in [1.165, 1.54) is 6.33 Å². The van der Waals surface area contributed by atoms with Crippen molar-refractivity contribution < 1.29 is 9.50 Å². The Kier molecular flexibility index (Phi) is 2.56. The predicted molar refractivity (Wildman–Crippen MR) is 54.0 cm³/mol. The van der Waals surface area contributed by atoms with E-state index < -0.39 is 5.82 Å². The summed E-state index contributed by atoms with van der Waals surface area (Å²) < 4.78 is 13.7. The number of aliphatic hydroxyl groups is 1. The van der Waals surface area contributed by atoms with E-state index in [0.717, 1.165) is 12.8 Å². The minimum absolute atomic E-state index is 0.0118. The highest BCUT2D eigenvalue weighted by Gasteiger charge is 2.43. The zero-order valence-electron chi connectivity index (χ0n) is 8.63. The fourth-order valence-electron chi connectivity index (χ4n) is 1.46. The Balaban J connectivity index is 2.21. The molecule has 4 nitrogen and oxygen atoms in total. The maximum absolute atomic E-state index is 13.7. The molecule has 2 N–H and O–H groups in total. The Morgan fingerprint density at radius 3 is 2.80 bits per heavy atom. The summed E-state index contributed by atoms with van der Waals surface area (Å²) in [4.78, 5) is 7.70. The van der Waals surface area contributed by atoms with E-state index in [0.29, 0.717) is 12.1 Å². The van der Waals surface area contributed by atoms with Gasteiger partial charge in [0, 0.05) is 0 Å². The van der Waals surface area contributed by atoms with Gasteiger partial charge in [-0.3, -0.25) is 0 Å². The summed E-state index contributed by atoms with van der Waals surface area (Å²) in [6.45, 7) is 1.85. The third kappa shape index (κ3) is 1.92. The van der Waals surface area contributed by atoms with Crippen molar-refractivity contribution >= 4 is 5.82 Å². The SMILES string of the molecule is CCc1ncnc(NC2(CO)CC2)c1F. The molecule has 0 unspecified atom stereocenters. The normalized spacial score (nSPS) is 17.5. The first-order chi connectivity index (χ1) is 7.21. The molecule has 1 saturated carbocycles. The molecule has 2 rings (SSSR count). The second-order valence-electron chi connectivity index (χ2n) is 3.90. The number of aromatic nitrogens is 2. The van der Waals surface area contributed by atoms with Crippen molar-refractivity contribution in [1.29, 1.82) is 0 Å². The van der Waals surface area contributed by atoms with Crippen molar-refractivity contribution in [2.45, 2.75) is 31.7 Å². The van der Waals surface area contributed by atoms with E-state index in [1.54, 1.807) is 0 Å². The van der Waals surface area contributed by atoms with E-state index in [9.17, 15) is 4.39 Å². The van der Waals surface area contributed by atoms with Crippen molar-refractivity contribution in [1.82, 2.24) is 9.97 Å². The lowest BCUT2D eigenvalue weighted by molar-refractivity contribution is 0.265. The third-order valence-corrected chi connectivity index (χ3v) is 2.74. The summed E-state index contributed by atoms with van der Waals surface area (Å²) in [5.74, 6) is -0.201. The molecule has 0 aromatic carbocycles. The number of nitrogens with one attached hydrogen (secondary N) is 1.